The smallest absolute Gasteiger partial charge is 0.227 e. The summed E-state index contributed by atoms with van der Waals surface area (Å²) in [7, 11) is 0. The summed E-state index contributed by atoms with van der Waals surface area (Å²) in [6.07, 6.45) is 0. The lowest BCUT2D eigenvalue weighted by Crippen LogP contribution is -1.98. The van der Waals surface area contributed by atoms with E-state index in [1.165, 1.54) is 48.7 Å². The van der Waals surface area contributed by atoms with E-state index >= 15 is 0 Å². The highest BCUT2D eigenvalue weighted by molar-refractivity contribution is 6.15. The van der Waals surface area contributed by atoms with Gasteiger partial charge >= 0.3 is 0 Å². The van der Waals surface area contributed by atoms with Gasteiger partial charge in [-0.3, -0.25) is 4.57 Å². The third-order valence-electron chi connectivity index (χ3n) is 12.6. The number of para-hydroxylation sites is 4. The van der Waals surface area contributed by atoms with Crippen molar-refractivity contribution in [3.8, 4) is 62.2 Å². The van der Waals surface area contributed by atoms with Crippen LogP contribution in [-0.2, 0) is 0 Å². The van der Waals surface area contributed by atoms with E-state index in [0.717, 1.165) is 72.9 Å². The van der Waals surface area contributed by atoms with Gasteiger partial charge in [0.05, 0.1) is 22.4 Å². The van der Waals surface area contributed by atoms with Gasteiger partial charge in [-0.1, -0.05) is 146 Å². The van der Waals surface area contributed by atoms with Crippen LogP contribution in [0.1, 0.15) is 0 Å². The van der Waals surface area contributed by atoms with Crippen LogP contribution in [0, 0.1) is 0 Å². The number of pyridine rings is 1. The molecule has 0 saturated carbocycles. The van der Waals surface area contributed by atoms with Crippen molar-refractivity contribution in [2.24, 2.45) is 0 Å². The minimum absolute atomic E-state index is 0.597. The lowest BCUT2D eigenvalue weighted by Gasteiger charge is -2.16. The van der Waals surface area contributed by atoms with E-state index in [9.17, 15) is 0 Å². The van der Waals surface area contributed by atoms with Crippen LogP contribution in [-0.4, -0.2) is 19.5 Å². The zero-order valence-corrected chi connectivity index (χ0v) is 34.5. The molecule has 0 atom stereocenters. The van der Waals surface area contributed by atoms with Gasteiger partial charge < -0.3 is 4.42 Å². The molecule has 3 heterocycles. The van der Waals surface area contributed by atoms with Crippen LogP contribution in [0.2, 0.25) is 0 Å². The van der Waals surface area contributed by atoms with Crippen LogP contribution in [0.3, 0.4) is 0 Å². The number of aromatic nitrogens is 4. The molecule has 0 aliphatic rings. The number of rotatable bonds is 6. The molecule has 0 amide bonds. The van der Waals surface area contributed by atoms with Gasteiger partial charge in [0.15, 0.2) is 5.58 Å². The molecule has 3 aromatic heterocycles. The monoisotopic (exact) mass is 816 g/mol. The quantitative estimate of drug-likeness (QED) is 0.157. The lowest BCUT2D eigenvalue weighted by atomic mass is 9.91. The highest BCUT2D eigenvalue weighted by Gasteiger charge is 2.19. The second-order valence-electron chi connectivity index (χ2n) is 16.4. The number of hydrogen-bond acceptors (Lipinski definition) is 4. The van der Waals surface area contributed by atoms with E-state index < -0.39 is 0 Å². The van der Waals surface area contributed by atoms with Crippen molar-refractivity contribution in [1.82, 2.24) is 19.5 Å². The lowest BCUT2D eigenvalue weighted by molar-refractivity contribution is 0.620. The second-order valence-corrected chi connectivity index (χ2v) is 16.4. The number of oxazole rings is 1. The van der Waals surface area contributed by atoms with Crippen molar-refractivity contribution < 1.29 is 4.42 Å². The van der Waals surface area contributed by atoms with Crippen molar-refractivity contribution in [2.45, 2.75) is 0 Å². The van der Waals surface area contributed by atoms with Crippen LogP contribution in [0.4, 0.5) is 0 Å². The van der Waals surface area contributed by atoms with Gasteiger partial charge in [0.2, 0.25) is 5.89 Å². The molecule has 5 heteroatoms. The molecule has 0 aliphatic carbocycles. The summed E-state index contributed by atoms with van der Waals surface area (Å²) in [5.74, 6) is 1.45. The summed E-state index contributed by atoms with van der Waals surface area (Å²) in [6, 6.07) is 77.2. The van der Waals surface area contributed by atoms with Crippen molar-refractivity contribution in [1.29, 1.82) is 0 Å². The van der Waals surface area contributed by atoms with E-state index in [2.05, 4.69) is 193 Å². The van der Waals surface area contributed by atoms with Gasteiger partial charge in [-0.25, -0.2) is 15.0 Å². The van der Waals surface area contributed by atoms with Gasteiger partial charge in [-0.15, -0.1) is 0 Å². The molecule has 0 unspecified atom stereocenters. The molecule has 13 aromatic rings. The molecule has 298 valence electrons. The molecule has 0 saturated heterocycles. The Hall–Kier alpha value is -8.67. The maximum Gasteiger partial charge on any atom is 0.227 e. The fourth-order valence-electron chi connectivity index (χ4n) is 9.55. The summed E-state index contributed by atoms with van der Waals surface area (Å²) in [5, 5.41) is 9.73. The Balaban J connectivity index is 0.967. The standard InChI is InChI=1S/C59H36N4O/c1-3-15-44-40(13-1)33-50(48-19-7-5-17-46(44)48)42-35-54(60-55(36-42)51-34-41-14-2-4-16-45(41)47-18-6-8-20-49(47)51)37-29-31-43(32-30-37)63-56-23-11-9-21-52(56)61-58(63)38-25-27-39(28-26-38)59-62-53-22-10-12-24-57(53)64-59/h1-36H. The Morgan fingerprint density at radius 3 is 1.58 bits per heavy atom. The summed E-state index contributed by atoms with van der Waals surface area (Å²) < 4.78 is 8.33. The first-order valence-corrected chi connectivity index (χ1v) is 21.6. The first-order chi connectivity index (χ1) is 31.7. The van der Waals surface area contributed by atoms with E-state index in [0.29, 0.717) is 5.89 Å². The largest absolute Gasteiger partial charge is 0.436 e. The molecule has 0 fully saturated rings. The Bertz CT molecular complexity index is 3780. The third-order valence-corrected chi connectivity index (χ3v) is 12.6. The summed E-state index contributed by atoms with van der Waals surface area (Å²) in [4.78, 5) is 15.4. The first-order valence-electron chi connectivity index (χ1n) is 21.6. The molecule has 64 heavy (non-hydrogen) atoms. The average Bonchev–Trinajstić information content (AvgIpc) is 3.99. The van der Waals surface area contributed by atoms with Crippen LogP contribution in [0.25, 0.3) is 127 Å². The van der Waals surface area contributed by atoms with E-state index in [4.69, 9.17) is 19.4 Å². The molecule has 0 spiro atoms. The zero-order chi connectivity index (χ0) is 42.1. The molecular weight excluding hydrogens is 781 g/mol. The highest BCUT2D eigenvalue weighted by atomic mass is 16.3. The third kappa shape index (κ3) is 5.90. The van der Waals surface area contributed by atoms with Gasteiger partial charge in [-0.05, 0) is 127 Å². The average molecular weight is 817 g/mol. The van der Waals surface area contributed by atoms with Crippen molar-refractivity contribution >= 4 is 65.2 Å². The van der Waals surface area contributed by atoms with Gasteiger partial charge in [0.1, 0.15) is 11.3 Å². The SMILES string of the molecule is c1ccc2c(c1)cc(-c1cc(-c3ccc(-n4c(-c5ccc(-c6nc7ccccc7o6)cc5)nc5ccccc54)cc3)nc(-c3cc4ccccc4c4ccccc34)c1)c1ccccc12. The maximum atomic E-state index is 6.09. The molecule has 5 nitrogen and oxygen atoms in total. The fourth-order valence-corrected chi connectivity index (χ4v) is 9.55. The molecule has 10 aromatic carbocycles. The van der Waals surface area contributed by atoms with Crippen LogP contribution in [0.15, 0.2) is 223 Å². The van der Waals surface area contributed by atoms with Gasteiger partial charge in [0.25, 0.3) is 0 Å². The second kappa shape index (κ2) is 14.5. The van der Waals surface area contributed by atoms with Crippen molar-refractivity contribution in [3.63, 3.8) is 0 Å². The Morgan fingerprint density at radius 1 is 0.344 bits per heavy atom. The van der Waals surface area contributed by atoms with Crippen LogP contribution >= 0.6 is 0 Å². The Labute approximate surface area is 368 Å². The molecule has 0 bridgehead atoms. The van der Waals surface area contributed by atoms with Gasteiger partial charge in [-0.2, -0.15) is 0 Å². The summed E-state index contributed by atoms with van der Waals surface area (Å²) >= 11 is 0. The predicted molar refractivity (Wildman–Crippen MR) is 264 cm³/mol. The van der Waals surface area contributed by atoms with E-state index in [-0.39, 0.29) is 0 Å². The van der Waals surface area contributed by atoms with Crippen LogP contribution < -0.4 is 0 Å². The number of benzene rings is 10. The van der Waals surface area contributed by atoms with E-state index in [1.54, 1.807) is 0 Å². The molecule has 0 radical (unpaired) electrons. The molecule has 0 N–H and O–H groups in total. The molecular formula is C59H36N4O. The number of hydrogen-bond donors (Lipinski definition) is 0. The maximum absolute atomic E-state index is 6.09. The Morgan fingerprint density at radius 2 is 0.875 bits per heavy atom. The first kappa shape index (κ1) is 36.0. The number of nitrogens with zero attached hydrogens (tertiary/aromatic N) is 4. The van der Waals surface area contributed by atoms with E-state index in [1.807, 2.05) is 30.3 Å². The molecule has 0 aliphatic heterocycles. The molecule has 13 rings (SSSR count). The zero-order valence-electron chi connectivity index (χ0n) is 34.5. The van der Waals surface area contributed by atoms with Crippen molar-refractivity contribution in [2.75, 3.05) is 0 Å². The minimum Gasteiger partial charge on any atom is -0.436 e. The highest BCUT2D eigenvalue weighted by Crippen LogP contribution is 2.41. The fraction of sp³-hybridized carbons (Fsp3) is 0. The van der Waals surface area contributed by atoms with Gasteiger partial charge in [0, 0.05) is 27.9 Å². The Kier molecular flexibility index (Phi) is 8.15. The van der Waals surface area contributed by atoms with Crippen molar-refractivity contribution in [3.05, 3.63) is 218 Å². The normalized spacial score (nSPS) is 11.8. The predicted octanol–water partition coefficient (Wildman–Crippen LogP) is 15.5. The summed E-state index contributed by atoms with van der Waals surface area (Å²) in [6.45, 7) is 0. The topological polar surface area (TPSA) is 56.7 Å². The number of imidazole rings is 1. The summed E-state index contributed by atoms with van der Waals surface area (Å²) in [5.41, 5.74) is 12.7. The minimum atomic E-state index is 0.597. The number of fused-ring (bicyclic) bond motifs is 8. The van der Waals surface area contributed by atoms with Crippen LogP contribution in [0.5, 0.6) is 0 Å².